The van der Waals surface area contributed by atoms with Gasteiger partial charge in [-0.15, -0.1) is 0 Å². The maximum absolute atomic E-state index is 5.77. The summed E-state index contributed by atoms with van der Waals surface area (Å²) in [5, 5.41) is 0. The quantitative estimate of drug-likeness (QED) is 0.424. The Balaban J connectivity index is 1.83. The van der Waals surface area contributed by atoms with Crippen molar-refractivity contribution in [3.05, 3.63) is 59.2 Å². The smallest absolute Gasteiger partial charge is 0.115 e. The maximum atomic E-state index is 5.77. The van der Waals surface area contributed by atoms with Crippen LogP contribution in [-0.4, -0.2) is 19.9 Å². The number of furan rings is 2. The molecule has 0 atom stereocenters. The van der Waals surface area contributed by atoms with Gasteiger partial charge >= 0.3 is 0 Å². The summed E-state index contributed by atoms with van der Waals surface area (Å²) in [6, 6.07) is 0. The van der Waals surface area contributed by atoms with Gasteiger partial charge in [-0.3, -0.25) is 9.97 Å². The van der Waals surface area contributed by atoms with Crippen molar-refractivity contribution >= 4 is 11.8 Å². The fourth-order valence-corrected chi connectivity index (χ4v) is 4.25. The highest BCUT2D eigenvalue weighted by atomic mass is 32.2. The first-order chi connectivity index (χ1) is 13.8. The van der Waals surface area contributed by atoms with E-state index in [0.29, 0.717) is 0 Å². The summed E-state index contributed by atoms with van der Waals surface area (Å²) in [7, 11) is 0. The van der Waals surface area contributed by atoms with Gasteiger partial charge in [0.05, 0.1) is 55.1 Å². The zero-order valence-electron chi connectivity index (χ0n) is 17.3. The lowest BCUT2D eigenvalue weighted by Gasteiger charge is -2.09. The van der Waals surface area contributed by atoms with Crippen molar-refractivity contribution in [1.82, 2.24) is 19.9 Å². The van der Waals surface area contributed by atoms with Crippen LogP contribution in [0.25, 0.3) is 22.5 Å². The molecule has 0 aliphatic rings. The van der Waals surface area contributed by atoms with Crippen molar-refractivity contribution in [3.8, 4) is 22.5 Å². The number of hydrogen-bond donors (Lipinski definition) is 0. The third-order valence-corrected chi connectivity index (χ3v) is 6.13. The second-order valence-corrected chi connectivity index (χ2v) is 8.08. The minimum atomic E-state index is 0.825. The van der Waals surface area contributed by atoms with E-state index < -0.39 is 0 Å². The van der Waals surface area contributed by atoms with Gasteiger partial charge in [-0.25, -0.2) is 9.97 Å². The highest BCUT2D eigenvalue weighted by molar-refractivity contribution is 7.99. The molecule has 6 nitrogen and oxygen atoms in total. The van der Waals surface area contributed by atoms with Crippen LogP contribution in [0.2, 0.25) is 0 Å². The molecule has 4 aromatic heterocycles. The fourth-order valence-electron chi connectivity index (χ4n) is 3.16. The van der Waals surface area contributed by atoms with Gasteiger partial charge in [0, 0.05) is 12.4 Å². The van der Waals surface area contributed by atoms with E-state index in [9.17, 15) is 0 Å². The molecule has 0 fully saturated rings. The Bertz CT molecular complexity index is 1120. The number of aromatic nitrogens is 4. The average molecular weight is 407 g/mol. The normalized spacial score (nSPS) is 11.2. The van der Waals surface area contributed by atoms with Crippen LogP contribution >= 0.6 is 11.8 Å². The summed E-state index contributed by atoms with van der Waals surface area (Å²) in [6.07, 6.45) is 7.05. The molecule has 0 aliphatic heterocycles. The first-order valence-electron chi connectivity index (χ1n) is 9.30. The highest BCUT2D eigenvalue weighted by Crippen LogP contribution is 2.45. The summed E-state index contributed by atoms with van der Waals surface area (Å²) >= 11 is 1.60. The minimum Gasteiger partial charge on any atom is -0.468 e. The molecule has 7 heteroatoms. The van der Waals surface area contributed by atoms with Gasteiger partial charge in [-0.05, 0) is 41.5 Å². The minimum absolute atomic E-state index is 0.825. The van der Waals surface area contributed by atoms with Crippen LogP contribution in [0.3, 0.4) is 0 Å². The Morgan fingerprint density at radius 1 is 0.655 bits per heavy atom. The zero-order valence-corrected chi connectivity index (χ0v) is 18.1. The fraction of sp³-hybridized carbons (Fsp3) is 0.273. The van der Waals surface area contributed by atoms with E-state index in [1.54, 1.807) is 36.7 Å². The molecule has 148 valence electrons. The molecule has 0 saturated heterocycles. The van der Waals surface area contributed by atoms with E-state index in [2.05, 4.69) is 9.97 Å². The Kier molecular flexibility index (Phi) is 5.00. The molecule has 0 unspecified atom stereocenters. The van der Waals surface area contributed by atoms with Crippen LogP contribution in [-0.2, 0) is 0 Å². The highest BCUT2D eigenvalue weighted by Gasteiger charge is 2.23. The predicted octanol–water partition coefficient (Wildman–Crippen LogP) is 5.79. The first-order valence-corrected chi connectivity index (χ1v) is 10.1. The van der Waals surface area contributed by atoms with Gasteiger partial charge in [0.2, 0.25) is 0 Å². The summed E-state index contributed by atoms with van der Waals surface area (Å²) < 4.78 is 11.5. The van der Waals surface area contributed by atoms with Crippen molar-refractivity contribution in [2.75, 3.05) is 0 Å². The lowest BCUT2D eigenvalue weighted by Crippen LogP contribution is -1.96. The van der Waals surface area contributed by atoms with Crippen LogP contribution in [0, 0.1) is 41.5 Å². The van der Waals surface area contributed by atoms with Gasteiger partial charge < -0.3 is 8.83 Å². The summed E-state index contributed by atoms with van der Waals surface area (Å²) in [5.74, 6) is 1.65. The molecular formula is C22H22N4O2S. The SMILES string of the molecule is Cc1cnc(C)c(-c2coc(C)c2Sc2c(-c3nc(C)cnc3C)coc2C)n1. The first kappa shape index (κ1) is 19.4. The topological polar surface area (TPSA) is 77.8 Å². The van der Waals surface area contributed by atoms with Crippen molar-refractivity contribution in [2.45, 2.75) is 51.3 Å². The van der Waals surface area contributed by atoms with E-state index in [1.165, 1.54) is 0 Å². The molecule has 0 saturated carbocycles. The van der Waals surface area contributed by atoms with Crippen molar-refractivity contribution < 1.29 is 8.83 Å². The van der Waals surface area contributed by atoms with Gasteiger partial charge in [-0.1, -0.05) is 11.8 Å². The summed E-state index contributed by atoms with van der Waals surface area (Å²) in [4.78, 5) is 20.3. The van der Waals surface area contributed by atoms with Crippen LogP contribution in [0.15, 0.2) is 43.5 Å². The molecule has 4 rings (SSSR count). The molecule has 0 radical (unpaired) electrons. The van der Waals surface area contributed by atoms with Gasteiger partial charge in [0.1, 0.15) is 24.0 Å². The lowest BCUT2D eigenvalue weighted by molar-refractivity contribution is 0.525. The van der Waals surface area contributed by atoms with Crippen LogP contribution in [0.5, 0.6) is 0 Å². The Morgan fingerprint density at radius 3 is 1.48 bits per heavy atom. The van der Waals surface area contributed by atoms with E-state index in [-0.39, 0.29) is 0 Å². The number of hydrogen-bond acceptors (Lipinski definition) is 7. The monoisotopic (exact) mass is 406 g/mol. The predicted molar refractivity (Wildman–Crippen MR) is 112 cm³/mol. The third-order valence-electron chi connectivity index (χ3n) is 4.70. The van der Waals surface area contributed by atoms with Gasteiger partial charge in [-0.2, -0.15) is 0 Å². The average Bonchev–Trinajstić information content (AvgIpc) is 3.23. The Hall–Kier alpha value is -2.93. The van der Waals surface area contributed by atoms with Gasteiger partial charge in [0.25, 0.3) is 0 Å². The molecule has 0 bridgehead atoms. The lowest BCUT2D eigenvalue weighted by atomic mass is 10.2. The molecule has 0 N–H and O–H groups in total. The molecule has 4 heterocycles. The van der Waals surface area contributed by atoms with Crippen molar-refractivity contribution in [3.63, 3.8) is 0 Å². The van der Waals surface area contributed by atoms with Crippen LogP contribution in [0.1, 0.15) is 34.3 Å². The summed E-state index contributed by atoms with van der Waals surface area (Å²) in [5.41, 5.74) is 6.99. The van der Waals surface area contributed by atoms with Crippen LogP contribution < -0.4 is 0 Å². The van der Waals surface area contributed by atoms with Gasteiger partial charge in [0.15, 0.2) is 0 Å². The Labute approximate surface area is 173 Å². The largest absolute Gasteiger partial charge is 0.468 e. The second-order valence-electron chi connectivity index (χ2n) is 7.06. The van der Waals surface area contributed by atoms with E-state index >= 15 is 0 Å². The van der Waals surface area contributed by atoms with E-state index in [4.69, 9.17) is 18.8 Å². The Morgan fingerprint density at radius 2 is 1.07 bits per heavy atom. The standard InChI is InChI=1S/C22H22N4O2S/c1-11-7-23-13(3)19(25-11)17-9-27-15(5)21(17)29-22-16(6)28-10-18(22)20-14(4)24-8-12(2)26-20/h7-10H,1-6H3. The van der Waals surface area contributed by atoms with Crippen molar-refractivity contribution in [2.24, 2.45) is 0 Å². The molecular weight excluding hydrogens is 384 g/mol. The molecule has 0 amide bonds. The molecule has 29 heavy (non-hydrogen) atoms. The van der Waals surface area contributed by atoms with E-state index in [0.717, 1.165) is 66.6 Å². The van der Waals surface area contributed by atoms with E-state index in [1.807, 2.05) is 41.5 Å². The zero-order chi connectivity index (χ0) is 20.7. The summed E-state index contributed by atoms with van der Waals surface area (Å²) in [6.45, 7) is 11.7. The van der Waals surface area contributed by atoms with Crippen molar-refractivity contribution in [1.29, 1.82) is 0 Å². The third kappa shape index (κ3) is 3.58. The molecule has 0 aliphatic carbocycles. The number of rotatable bonds is 4. The maximum Gasteiger partial charge on any atom is 0.115 e. The molecule has 0 aromatic carbocycles. The number of aryl methyl sites for hydroxylation is 6. The second kappa shape index (κ2) is 7.48. The molecule has 4 aromatic rings. The molecule has 0 spiro atoms. The number of nitrogens with zero attached hydrogens (tertiary/aromatic N) is 4. The van der Waals surface area contributed by atoms with Crippen LogP contribution in [0.4, 0.5) is 0 Å².